The molecular weight excluding hydrogens is 150 g/mol. The summed E-state index contributed by atoms with van der Waals surface area (Å²) in [5.41, 5.74) is 5.33. The highest BCUT2D eigenvalue weighted by Gasteiger charge is 1.99. The van der Waals surface area contributed by atoms with Gasteiger partial charge in [-0.2, -0.15) is 0 Å². The third kappa shape index (κ3) is 7.73. The molecule has 0 saturated carbocycles. The molecule has 0 heterocycles. The van der Waals surface area contributed by atoms with E-state index in [-0.39, 0.29) is 0 Å². The lowest BCUT2D eigenvalue weighted by Crippen LogP contribution is -2.02. The van der Waals surface area contributed by atoms with E-state index < -0.39 is 0 Å². The van der Waals surface area contributed by atoms with Crippen LogP contribution in [0.3, 0.4) is 0 Å². The van der Waals surface area contributed by atoms with Crippen LogP contribution in [0, 0.1) is 0 Å². The third-order valence-electron chi connectivity index (χ3n) is 1.97. The first-order chi connectivity index (χ1) is 5.81. The first-order valence-corrected chi connectivity index (χ1v) is 5.03. The van der Waals surface area contributed by atoms with Gasteiger partial charge in [0, 0.05) is 12.8 Å². The molecule has 2 N–H and O–H groups in total. The molecular formula is C10H21NO. The van der Waals surface area contributed by atoms with Crippen molar-refractivity contribution < 1.29 is 4.79 Å². The molecule has 0 spiro atoms. The molecule has 0 bridgehead atoms. The Morgan fingerprint density at radius 1 is 1.08 bits per heavy atom. The average molecular weight is 171 g/mol. The molecule has 0 rings (SSSR count). The lowest BCUT2D eigenvalue weighted by molar-refractivity contribution is -0.119. The van der Waals surface area contributed by atoms with E-state index in [0.717, 1.165) is 32.1 Å². The second kappa shape index (κ2) is 8.72. The molecule has 0 aromatic carbocycles. The minimum Gasteiger partial charge on any atom is -0.330 e. The second-order valence-electron chi connectivity index (χ2n) is 3.24. The third-order valence-corrected chi connectivity index (χ3v) is 1.97. The Kier molecular flexibility index (Phi) is 8.46. The molecule has 0 aliphatic carbocycles. The van der Waals surface area contributed by atoms with E-state index in [1.54, 1.807) is 0 Å². The molecule has 0 aliphatic heterocycles. The van der Waals surface area contributed by atoms with Gasteiger partial charge in [-0.3, -0.25) is 4.79 Å². The first kappa shape index (κ1) is 11.6. The Morgan fingerprint density at radius 2 is 1.67 bits per heavy atom. The Morgan fingerprint density at radius 3 is 2.17 bits per heavy atom. The number of ketones is 1. The van der Waals surface area contributed by atoms with Gasteiger partial charge in [0.25, 0.3) is 0 Å². The van der Waals surface area contributed by atoms with Gasteiger partial charge in [0.2, 0.25) is 0 Å². The van der Waals surface area contributed by atoms with Gasteiger partial charge in [0.15, 0.2) is 0 Å². The molecule has 0 atom stereocenters. The SMILES string of the molecule is CCCCCC(=O)CCCCN. The number of carbonyl (C=O) groups is 1. The fourth-order valence-corrected chi connectivity index (χ4v) is 1.16. The Bertz CT molecular complexity index is 100. The highest BCUT2D eigenvalue weighted by molar-refractivity contribution is 5.78. The number of carbonyl (C=O) groups excluding carboxylic acids is 1. The van der Waals surface area contributed by atoms with Gasteiger partial charge in [-0.25, -0.2) is 0 Å². The topological polar surface area (TPSA) is 43.1 Å². The van der Waals surface area contributed by atoms with E-state index in [1.807, 2.05) is 0 Å². The smallest absolute Gasteiger partial charge is 0.132 e. The van der Waals surface area contributed by atoms with Crippen LogP contribution in [0.4, 0.5) is 0 Å². The van der Waals surface area contributed by atoms with Crippen molar-refractivity contribution in [3.8, 4) is 0 Å². The van der Waals surface area contributed by atoms with Crippen LogP contribution in [0.2, 0.25) is 0 Å². The molecule has 0 unspecified atom stereocenters. The number of hydrogen-bond acceptors (Lipinski definition) is 2. The van der Waals surface area contributed by atoms with E-state index >= 15 is 0 Å². The molecule has 0 aromatic rings. The minimum atomic E-state index is 0.414. The Labute approximate surface area is 75.5 Å². The van der Waals surface area contributed by atoms with Gasteiger partial charge in [0.1, 0.15) is 5.78 Å². The number of unbranched alkanes of at least 4 members (excludes halogenated alkanes) is 3. The summed E-state index contributed by atoms with van der Waals surface area (Å²) >= 11 is 0. The molecule has 2 heteroatoms. The van der Waals surface area contributed by atoms with Crippen molar-refractivity contribution >= 4 is 5.78 Å². The average Bonchev–Trinajstić information content (AvgIpc) is 2.06. The van der Waals surface area contributed by atoms with Crippen LogP contribution >= 0.6 is 0 Å². The maximum atomic E-state index is 11.2. The van der Waals surface area contributed by atoms with Crippen molar-refractivity contribution in [3.05, 3.63) is 0 Å². The van der Waals surface area contributed by atoms with Crippen molar-refractivity contribution in [1.29, 1.82) is 0 Å². The van der Waals surface area contributed by atoms with Crippen molar-refractivity contribution in [1.82, 2.24) is 0 Å². The molecule has 0 aromatic heterocycles. The lowest BCUT2D eigenvalue weighted by atomic mass is 10.1. The van der Waals surface area contributed by atoms with Crippen LogP contribution in [0.15, 0.2) is 0 Å². The zero-order chi connectivity index (χ0) is 9.23. The van der Waals surface area contributed by atoms with Crippen LogP contribution < -0.4 is 5.73 Å². The molecule has 0 aliphatic rings. The normalized spacial score (nSPS) is 10.2. The van der Waals surface area contributed by atoms with E-state index in [4.69, 9.17) is 5.73 Å². The van der Waals surface area contributed by atoms with Crippen molar-refractivity contribution in [2.75, 3.05) is 6.54 Å². The van der Waals surface area contributed by atoms with Gasteiger partial charge in [0.05, 0.1) is 0 Å². The summed E-state index contributed by atoms with van der Waals surface area (Å²) in [5, 5.41) is 0. The predicted molar refractivity (Wildman–Crippen MR) is 52.1 cm³/mol. The maximum Gasteiger partial charge on any atom is 0.132 e. The molecule has 0 saturated heterocycles. The number of nitrogens with two attached hydrogens (primary N) is 1. The van der Waals surface area contributed by atoms with Crippen molar-refractivity contribution in [3.63, 3.8) is 0 Å². The number of hydrogen-bond donors (Lipinski definition) is 1. The Hall–Kier alpha value is -0.370. The summed E-state index contributed by atoms with van der Waals surface area (Å²) < 4.78 is 0. The molecule has 12 heavy (non-hydrogen) atoms. The summed E-state index contributed by atoms with van der Waals surface area (Å²) in [4.78, 5) is 11.2. The monoisotopic (exact) mass is 171 g/mol. The van der Waals surface area contributed by atoms with E-state index in [1.165, 1.54) is 12.8 Å². The summed E-state index contributed by atoms with van der Waals surface area (Å²) in [6.45, 7) is 2.86. The van der Waals surface area contributed by atoms with Crippen LogP contribution in [-0.2, 0) is 4.79 Å². The van der Waals surface area contributed by atoms with E-state index in [2.05, 4.69) is 6.92 Å². The van der Waals surface area contributed by atoms with Gasteiger partial charge in [-0.15, -0.1) is 0 Å². The summed E-state index contributed by atoms with van der Waals surface area (Å²) in [5.74, 6) is 0.414. The summed E-state index contributed by atoms with van der Waals surface area (Å²) in [6.07, 6.45) is 6.91. The number of Topliss-reactive ketones (excluding diaryl/α,β-unsaturated/α-hetero) is 1. The standard InChI is InChI=1S/C10H21NO/c1-2-3-4-7-10(12)8-5-6-9-11/h2-9,11H2,1H3. The van der Waals surface area contributed by atoms with Gasteiger partial charge < -0.3 is 5.73 Å². The van der Waals surface area contributed by atoms with E-state index in [0.29, 0.717) is 12.3 Å². The molecule has 2 nitrogen and oxygen atoms in total. The summed E-state index contributed by atoms with van der Waals surface area (Å²) in [7, 11) is 0. The lowest BCUT2D eigenvalue weighted by Gasteiger charge is -1.98. The highest BCUT2D eigenvalue weighted by Crippen LogP contribution is 2.04. The van der Waals surface area contributed by atoms with Crippen LogP contribution in [0.25, 0.3) is 0 Å². The molecule has 72 valence electrons. The maximum absolute atomic E-state index is 11.2. The quantitative estimate of drug-likeness (QED) is 0.569. The predicted octanol–water partition coefficient (Wildman–Crippen LogP) is 2.26. The minimum absolute atomic E-state index is 0.414. The number of rotatable bonds is 8. The second-order valence-corrected chi connectivity index (χ2v) is 3.24. The van der Waals surface area contributed by atoms with Crippen LogP contribution in [0.5, 0.6) is 0 Å². The fraction of sp³-hybridized carbons (Fsp3) is 0.900. The highest BCUT2D eigenvalue weighted by atomic mass is 16.1. The molecule has 0 fully saturated rings. The van der Waals surface area contributed by atoms with Gasteiger partial charge >= 0.3 is 0 Å². The largest absolute Gasteiger partial charge is 0.330 e. The van der Waals surface area contributed by atoms with E-state index in [9.17, 15) is 4.79 Å². The fourth-order valence-electron chi connectivity index (χ4n) is 1.16. The van der Waals surface area contributed by atoms with Crippen LogP contribution in [-0.4, -0.2) is 12.3 Å². The molecule has 0 radical (unpaired) electrons. The zero-order valence-corrected chi connectivity index (χ0v) is 8.14. The van der Waals surface area contributed by atoms with Crippen molar-refractivity contribution in [2.24, 2.45) is 5.73 Å². The van der Waals surface area contributed by atoms with Gasteiger partial charge in [-0.1, -0.05) is 19.8 Å². The van der Waals surface area contributed by atoms with Crippen molar-refractivity contribution in [2.45, 2.75) is 51.9 Å². The zero-order valence-electron chi connectivity index (χ0n) is 8.14. The van der Waals surface area contributed by atoms with Gasteiger partial charge in [-0.05, 0) is 25.8 Å². The molecule has 0 amide bonds. The summed E-state index contributed by atoms with van der Waals surface area (Å²) in [6, 6.07) is 0. The first-order valence-electron chi connectivity index (χ1n) is 5.03. The Balaban J connectivity index is 3.10. The van der Waals surface area contributed by atoms with Crippen LogP contribution in [0.1, 0.15) is 51.9 Å².